The smallest absolute Gasteiger partial charge is 0.315 e. The van der Waals surface area contributed by atoms with Gasteiger partial charge in [-0.25, -0.2) is 0 Å². The summed E-state index contributed by atoms with van der Waals surface area (Å²) in [4.78, 5) is 27.2. The lowest BCUT2D eigenvalue weighted by atomic mass is 9.33. The van der Waals surface area contributed by atoms with E-state index < -0.39 is 106 Å². The molecule has 12 nitrogen and oxygen atoms in total. The first-order chi connectivity index (χ1) is 22.2. The van der Waals surface area contributed by atoms with Crippen LogP contribution in [0.2, 0.25) is 0 Å². The van der Waals surface area contributed by atoms with Gasteiger partial charge >= 0.3 is 11.9 Å². The third kappa shape index (κ3) is 4.55. The summed E-state index contributed by atoms with van der Waals surface area (Å²) in [6.45, 7) is 11.4. The van der Waals surface area contributed by atoms with Crippen molar-refractivity contribution in [3.63, 3.8) is 0 Å². The highest BCUT2D eigenvalue weighted by atomic mass is 16.7. The number of esters is 1. The molecule has 0 bridgehead atoms. The van der Waals surface area contributed by atoms with E-state index in [0.717, 1.165) is 5.57 Å². The Kier molecular flexibility index (Phi) is 8.61. The molecule has 4 saturated carbocycles. The number of allylic oxidation sites excluding steroid dienone is 1. The van der Waals surface area contributed by atoms with E-state index >= 15 is 0 Å². The number of carbonyl (C=O) groups excluding carboxylic acids is 1. The van der Waals surface area contributed by atoms with Crippen LogP contribution in [0.5, 0.6) is 0 Å². The molecule has 0 unspecified atom stereocenters. The molecule has 0 aromatic heterocycles. The molecule has 1 saturated heterocycles. The maximum absolute atomic E-state index is 14.4. The summed E-state index contributed by atoms with van der Waals surface area (Å²) in [5.74, 6) is -2.82. The summed E-state index contributed by atoms with van der Waals surface area (Å²) in [6.07, 6.45) is -5.35. The average molecular weight is 681 g/mol. The molecule has 5 aliphatic carbocycles. The molecule has 12 heteroatoms. The SMILES string of the molecule is CC1(C)CC[C@]2(C(=O)O[C@@H]3O[C@H](CO)[C@@H](O)[C@H](O)[C@H]3O)CC[C@]3(C)C(=CC[C@@H]4[C@@]5(C)C[C@@H](O)[C@H](O)[C@](C)(C(=O)O)[C@@H]5CC[C@]43C)[C@H]2[C@H]1O. The van der Waals surface area contributed by atoms with Gasteiger partial charge < -0.3 is 50.3 Å². The highest BCUT2D eigenvalue weighted by Crippen LogP contribution is 2.76. The number of carbonyl (C=O) groups is 2. The van der Waals surface area contributed by atoms with Gasteiger partial charge in [0.2, 0.25) is 6.29 Å². The molecular weight excluding hydrogens is 624 g/mol. The Balaban J connectivity index is 1.40. The van der Waals surface area contributed by atoms with Gasteiger partial charge in [-0.2, -0.15) is 0 Å². The standard InChI is InChI=1S/C36H56O12/c1-31(2)11-13-36(30(46)48-28-25(41)24(40)23(39)19(16-37)47-28)14-12-33(4)17(22(36)27(31)43)7-8-20-32(3)15-18(38)26(42)35(6,29(44)45)21(32)9-10-34(20,33)5/h7,18-28,37-43H,8-16H2,1-6H3,(H,44,45)/t18-,19-,20-,21-,22+,23-,24+,25-,26+,27-,28+,32-,33-,34-,35-,36+/m1/s1. The molecule has 8 N–H and O–H groups in total. The molecule has 0 aromatic rings. The summed E-state index contributed by atoms with van der Waals surface area (Å²) < 4.78 is 11.4. The largest absolute Gasteiger partial charge is 0.481 e. The topological polar surface area (TPSA) is 214 Å². The number of carboxylic acids is 1. The summed E-state index contributed by atoms with van der Waals surface area (Å²) in [5.41, 5.74) is -3.75. The van der Waals surface area contributed by atoms with Crippen LogP contribution in [0.3, 0.4) is 0 Å². The average Bonchev–Trinajstić information content (AvgIpc) is 3.02. The third-order valence-corrected chi connectivity index (χ3v) is 15.4. The second-order valence-corrected chi connectivity index (χ2v) is 17.8. The first-order valence-corrected chi connectivity index (χ1v) is 17.7. The van der Waals surface area contributed by atoms with E-state index in [1.807, 2.05) is 13.8 Å². The first-order valence-electron chi connectivity index (χ1n) is 17.7. The van der Waals surface area contributed by atoms with Crippen molar-refractivity contribution in [3.05, 3.63) is 11.6 Å². The molecule has 5 fully saturated rings. The maximum atomic E-state index is 14.4. The van der Waals surface area contributed by atoms with E-state index in [0.29, 0.717) is 44.9 Å². The Hall–Kier alpha value is -1.64. The Morgan fingerprint density at radius 3 is 2.12 bits per heavy atom. The Morgan fingerprint density at radius 2 is 1.50 bits per heavy atom. The number of carboxylic acid groups (broad SMARTS) is 1. The molecule has 16 atom stereocenters. The van der Waals surface area contributed by atoms with E-state index in [2.05, 4.69) is 26.8 Å². The Labute approximate surface area is 282 Å². The van der Waals surface area contributed by atoms with Crippen LogP contribution in [-0.4, -0.2) is 108 Å². The molecule has 0 radical (unpaired) electrons. The molecule has 272 valence electrons. The normalized spacial score (nSPS) is 54.4. The summed E-state index contributed by atoms with van der Waals surface area (Å²) in [6, 6.07) is 0. The molecule has 48 heavy (non-hydrogen) atoms. The van der Waals surface area contributed by atoms with Crippen LogP contribution in [-0.2, 0) is 19.1 Å². The molecule has 1 heterocycles. The Morgan fingerprint density at radius 1 is 0.854 bits per heavy atom. The van der Waals surface area contributed by atoms with Crippen molar-refractivity contribution in [1.82, 2.24) is 0 Å². The van der Waals surface area contributed by atoms with Crippen molar-refractivity contribution in [3.8, 4) is 0 Å². The van der Waals surface area contributed by atoms with Gasteiger partial charge in [0.05, 0.1) is 35.7 Å². The minimum absolute atomic E-state index is 0.0411. The Bertz CT molecular complexity index is 1350. The summed E-state index contributed by atoms with van der Waals surface area (Å²) in [5, 5.41) is 85.7. The van der Waals surface area contributed by atoms with Gasteiger partial charge in [-0.3, -0.25) is 9.59 Å². The van der Waals surface area contributed by atoms with Gasteiger partial charge in [0.25, 0.3) is 0 Å². The highest BCUT2D eigenvalue weighted by Gasteiger charge is 2.73. The number of aliphatic hydroxyl groups excluding tert-OH is 7. The van der Waals surface area contributed by atoms with Crippen LogP contribution in [0.4, 0.5) is 0 Å². The van der Waals surface area contributed by atoms with E-state index in [4.69, 9.17) is 9.47 Å². The van der Waals surface area contributed by atoms with E-state index in [-0.39, 0.29) is 18.3 Å². The number of ether oxygens (including phenoxy) is 2. The van der Waals surface area contributed by atoms with Crippen LogP contribution >= 0.6 is 0 Å². The monoisotopic (exact) mass is 680 g/mol. The zero-order valence-corrected chi connectivity index (χ0v) is 29.0. The second kappa shape index (κ2) is 11.4. The fourth-order valence-corrected chi connectivity index (χ4v) is 12.1. The molecule has 6 aliphatic rings. The zero-order valence-electron chi connectivity index (χ0n) is 29.0. The van der Waals surface area contributed by atoms with Gasteiger partial charge in [-0.1, -0.05) is 46.3 Å². The molecule has 0 spiro atoms. The van der Waals surface area contributed by atoms with Crippen LogP contribution in [0, 0.1) is 50.2 Å². The summed E-state index contributed by atoms with van der Waals surface area (Å²) >= 11 is 0. The molecule has 0 amide bonds. The number of hydrogen-bond acceptors (Lipinski definition) is 11. The van der Waals surface area contributed by atoms with Gasteiger partial charge in [-0.15, -0.1) is 0 Å². The van der Waals surface area contributed by atoms with Gasteiger partial charge in [0.15, 0.2) is 0 Å². The quantitative estimate of drug-likeness (QED) is 0.157. The summed E-state index contributed by atoms with van der Waals surface area (Å²) in [7, 11) is 0. The lowest BCUT2D eigenvalue weighted by Crippen LogP contribution is -2.69. The predicted octanol–water partition coefficient (Wildman–Crippen LogP) is 1.50. The van der Waals surface area contributed by atoms with Gasteiger partial charge in [0.1, 0.15) is 24.4 Å². The fourth-order valence-electron chi connectivity index (χ4n) is 12.1. The predicted molar refractivity (Wildman–Crippen MR) is 170 cm³/mol. The minimum atomic E-state index is -1.74. The van der Waals surface area contributed by atoms with E-state index in [1.54, 1.807) is 6.92 Å². The van der Waals surface area contributed by atoms with Crippen molar-refractivity contribution in [1.29, 1.82) is 0 Å². The molecular formula is C36H56O12. The minimum Gasteiger partial charge on any atom is -0.481 e. The van der Waals surface area contributed by atoms with Crippen molar-refractivity contribution in [2.45, 2.75) is 142 Å². The lowest BCUT2D eigenvalue weighted by molar-refractivity contribution is -0.298. The van der Waals surface area contributed by atoms with E-state index in [9.17, 15) is 50.4 Å². The number of hydrogen-bond donors (Lipinski definition) is 8. The lowest BCUT2D eigenvalue weighted by Gasteiger charge is -2.71. The molecule has 0 aromatic carbocycles. The van der Waals surface area contributed by atoms with Crippen LogP contribution in [0.15, 0.2) is 11.6 Å². The van der Waals surface area contributed by atoms with Crippen molar-refractivity contribution in [2.24, 2.45) is 50.2 Å². The number of rotatable bonds is 4. The van der Waals surface area contributed by atoms with Gasteiger partial charge in [0, 0.05) is 5.92 Å². The van der Waals surface area contributed by atoms with E-state index in [1.165, 1.54) is 0 Å². The van der Waals surface area contributed by atoms with Crippen LogP contribution in [0.25, 0.3) is 0 Å². The van der Waals surface area contributed by atoms with Crippen molar-refractivity contribution in [2.75, 3.05) is 6.61 Å². The van der Waals surface area contributed by atoms with Crippen LogP contribution < -0.4 is 0 Å². The zero-order chi connectivity index (χ0) is 35.6. The first kappa shape index (κ1) is 36.2. The third-order valence-electron chi connectivity index (χ3n) is 15.4. The van der Waals surface area contributed by atoms with Crippen molar-refractivity contribution < 1.29 is 59.9 Å². The van der Waals surface area contributed by atoms with Crippen molar-refractivity contribution >= 4 is 11.9 Å². The molecule has 6 rings (SSSR count). The fraction of sp³-hybridized carbons (Fsp3) is 0.889. The molecule has 1 aliphatic heterocycles. The van der Waals surface area contributed by atoms with Gasteiger partial charge in [-0.05, 0) is 91.8 Å². The van der Waals surface area contributed by atoms with Crippen LogP contribution in [0.1, 0.15) is 92.9 Å². The number of aliphatic carboxylic acids is 1. The maximum Gasteiger partial charge on any atom is 0.315 e. The second-order valence-electron chi connectivity index (χ2n) is 17.8. The number of aliphatic hydroxyl groups is 7. The number of fused-ring (bicyclic) bond motifs is 7. The highest BCUT2D eigenvalue weighted by molar-refractivity contribution is 5.79.